The van der Waals surface area contributed by atoms with Gasteiger partial charge < -0.3 is 15.5 Å². The minimum atomic E-state index is -1.02. The molecule has 0 unspecified atom stereocenters. The van der Waals surface area contributed by atoms with Gasteiger partial charge in [0.15, 0.2) is 0 Å². The van der Waals surface area contributed by atoms with Gasteiger partial charge in [-0.15, -0.1) is 0 Å². The number of benzene rings is 2. The van der Waals surface area contributed by atoms with Crippen LogP contribution >= 0.6 is 0 Å². The first kappa shape index (κ1) is 16.4. The molecule has 0 fully saturated rings. The lowest BCUT2D eigenvalue weighted by molar-refractivity contribution is -0.136. The number of fused-ring (bicyclic) bond motifs is 1. The van der Waals surface area contributed by atoms with Gasteiger partial charge in [0, 0.05) is 22.3 Å². The minimum Gasteiger partial charge on any atom is -0.481 e. The summed E-state index contributed by atoms with van der Waals surface area (Å²) in [5.74, 6) is -1.98. The highest BCUT2D eigenvalue weighted by Gasteiger charge is 2.16. The van der Waals surface area contributed by atoms with Crippen molar-refractivity contribution in [3.63, 3.8) is 0 Å². The quantitative estimate of drug-likeness (QED) is 0.658. The molecule has 0 amide bonds. The smallest absolute Gasteiger partial charge is 0.335 e. The molecule has 0 spiro atoms. The molecule has 0 aliphatic rings. The number of rotatable bonds is 5. The number of aryl methyl sites for hydroxylation is 1. The molecule has 0 saturated heterocycles. The number of aliphatic carboxylic acids is 1. The van der Waals surface area contributed by atoms with Crippen molar-refractivity contribution in [2.24, 2.45) is 0 Å². The van der Waals surface area contributed by atoms with Gasteiger partial charge >= 0.3 is 11.9 Å². The number of aromatic carboxylic acids is 1. The van der Waals surface area contributed by atoms with Gasteiger partial charge in [-0.1, -0.05) is 24.3 Å². The number of para-hydroxylation sites is 1. The van der Waals surface area contributed by atoms with Gasteiger partial charge in [-0.25, -0.2) is 4.79 Å². The Kier molecular flexibility index (Phi) is 4.35. The van der Waals surface area contributed by atoms with Gasteiger partial charge in [-0.2, -0.15) is 0 Å². The molecule has 0 aliphatic carbocycles. The average Bonchev–Trinajstić information content (AvgIpc) is 2.58. The van der Waals surface area contributed by atoms with Crippen molar-refractivity contribution < 1.29 is 19.8 Å². The van der Waals surface area contributed by atoms with Crippen molar-refractivity contribution in [2.45, 2.75) is 13.3 Å². The lowest BCUT2D eigenvalue weighted by atomic mass is 10.0. The molecule has 0 aliphatic heterocycles. The first-order chi connectivity index (χ1) is 12.0. The summed E-state index contributed by atoms with van der Waals surface area (Å²) in [5.41, 5.74) is 3.30. The molecule has 0 saturated carbocycles. The molecule has 3 aromatic rings. The molecule has 0 bridgehead atoms. The van der Waals surface area contributed by atoms with E-state index in [2.05, 4.69) is 10.3 Å². The third kappa shape index (κ3) is 3.42. The molecule has 6 heteroatoms. The van der Waals surface area contributed by atoms with E-state index in [0.717, 1.165) is 10.9 Å². The van der Waals surface area contributed by atoms with Crippen LogP contribution in [0.15, 0.2) is 48.5 Å². The third-order valence-electron chi connectivity index (χ3n) is 3.91. The number of pyridine rings is 1. The molecule has 3 N–H and O–H groups in total. The molecule has 3 rings (SSSR count). The molecular formula is C19H16N2O4. The molecule has 0 radical (unpaired) electrons. The fraction of sp³-hybridized carbons (Fsp3) is 0.105. The summed E-state index contributed by atoms with van der Waals surface area (Å²) in [6, 6.07) is 13.8. The Labute approximate surface area is 143 Å². The van der Waals surface area contributed by atoms with Crippen molar-refractivity contribution in [1.82, 2.24) is 4.98 Å². The Morgan fingerprint density at radius 3 is 2.56 bits per heavy atom. The van der Waals surface area contributed by atoms with Crippen molar-refractivity contribution in [1.29, 1.82) is 0 Å². The van der Waals surface area contributed by atoms with E-state index in [1.807, 2.05) is 24.3 Å². The summed E-state index contributed by atoms with van der Waals surface area (Å²) in [7, 11) is 0. The van der Waals surface area contributed by atoms with Crippen molar-refractivity contribution in [2.75, 3.05) is 5.32 Å². The van der Waals surface area contributed by atoms with Gasteiger partial charge in [0.1, 0.15) is 0 Å². The number of anilines is 2. The number of nitrogens with one attached hydrogen (secondary N) is 1. The molecule has 6 nitrogen and oxygen atoms in total. The molecular weight excluding hydrogens is 320 g/mol. The normalized spacial score (nSPS) is 10.6. The second kappa shape index (κ2) is 6.60. The highest BCUT2D eigenvalue weighted by molar-refractivity contribution is 5.97. The van der Waals surface area contributed by atoms with Crippen LogP contribution in [0.5, 0.6) is 0 Å². The number of nitrogens with zero attached hydrogens (tertiary/aromatic N) is 1. The monoisotopic (exact) mass is 336 g/mol. The minimum absolute atomic E-state index is 0.153. The number of aromatic nitrogens is 1. The Morgan fingerprint density at radius 1 is 1.08 bits per heavy atom. The van der Waals surface area contributed by atoms with Crippen LogP contribution in [-0.2, 0) is 11.2 Å². The first-order valence-electron chi connectivity index (χ1n) is 7.66. The summed E-state index contributed by atoms with van der Waals surface area (Å²) in [6.07, 6.45) is -0.176. The van der Waals surface area contributed by atoms with Crippen LogP contribution in [0.25, 0.3) is 10.9 Å². The summed E-state index contributed by atoms with van der Waals surface area (Å²) < 4.78 is 0. The fourth-order valence-corrected chi connectivity index (χ4v) is 2.76. The number of hydrogen-bond donors (Lipinski definition) is 3. The maximum Gasteiger partial charge on any atom is 0.335 e. The zero-order chi connectivity index (χ0) is 18.0. The highest BCUT2D eigenvalue weighted by atomic mass is 16.4. The fourth-order valence-electron chi connectivity index (χ4n) is 2.76. The van der Waals surface area contributed by atoms with E-state index in [0.29, 0.717) is 22.6 Å². The van der Waals surface area contributed by atoms with Crippen LogP contribution in [-0.4, -0.2) is 27.1 Å². The summed E-state index contributed by atoms with van der Waals surface area (Å²) in [5, 5.41) is 22.4. The topological polar surface area (TPSA) is 99.5 Å². The maximum absolute atomic E-state index is 11.3. The van der Waals surface area contributed by atoms with E-state index in [4.69, 9.17) is 5.11 Å². The summed E-state index contributed by atoms with van der Waals surface area (Å²) >= 11 is 0. The number of carbonyl (C=O) groups is 2. The Bertz CT molecular complexity index is 982. The molecule has 1 heterocycles. The zero-order valence-corrected chi connectivity index (χ0v) is 13.5. The van der Waals surface area contributed by atoms with E-state index in [9.17, 15) is 14.7 Å². The highest BCUT2D eigenvalue weighted by Crippen LogP contribution is 2.31. The molecule has 1 aromatic heterocycles. The second-order valence-electron chi connectivity index (χ2n) is 5.65. The zero-order valence-electron chi connectivity index (χ0n) is 13.5. The Hall–Kier alpha value is -3.41. The standard InChI is InChI=1S/C19H16N2O4/c1-11-15(10-17(22)23)18(14-7-2-3-8-16(14)20-11)21-13-6-4-5-12(9-13)19(24)25/h2-9H,10H2,1H3,(H,20,21)(H,22,23)(H,24,25). The lowest BCUT2D eigenvalue weighted by Gasteiger charge is -2.16. The van der Waals surface area contributed by atoms with Crippen LogP contribution in [0.3, 0.4) is 0 Å². The molecule has 126 valence electrons. The van der Waals surface area contributed by atoms with Crippen LogP contribution < -0.4 is 5.32 Å². The SMILES string of the molecule is Cc1nc2ccccc2c(Nc2cccc(C(=O)O)c2)c1CC(=O)O. The predicted octanol–water partition coefficient (Wildman–Crippen LogP) is 3.61. The Morgan fingerprint density at radius 2 is 1.84 bits per heavy atom. The van der Waals surface area contributed by atoms with Crippen molar-refractivity contribution in [3.8, 4) is 0 Å². The van der Waals surface area contributed by atoms with E-state index in [1.54, 1.807) is 19.1 Å². The Balaban J connectivity index is 2.17. The van der Waals surface area contributed by atoms with Gasteiger partial charge in [0.05, 0.1) is 23.2 Å². The van der Waals surface area contributed by atoms with Gasteiger partial charge in [0.25, 0.3) is 0 Å². The third-order valence-corrected chi connectivity index (χ3v) is 3.91. The predicted molar refractivity (Wildman–Crippen MR) is 94.5 cm³/mol. The maximum atomic E-state index is 11.3. The number of carboxylic acids is 2. The van der Waals surface area contributed by atoms with Crippen LogP contribution in [0.1, 0.15) is 21.6 Å². The van der Waals surface area contributed by atoms with Crippen LogP contribution in [0.4, 0.5) is 11.4 Å². The van der Waals surface area contributed by atoms with E-state index in [1.165, 1.54) is 12.1 Å². The van der Waals surface area contributed by atoms with Gasteiger partial charge in [-0.3, -0.25) is 9.78 Å². The molecule has 25 heavy (non-hydrogen) atoms. The van der Waals surface area contributed by atoms with Crippen LogP contribution in [0.2, 0.25) is 0 Å². The van der Waals surface area contributed by atoms with Crippen molar-refractivity contribution in [3.05, 3.63) is 65.4 Å². The van der Waals surface area contributed by atoms with Crippen LogP contribution in [0, 0.1) is 6.92 Å². The second-order valence-corrected chi connectivity index (χ2v) is 5.65. The van der Waals surface area contributed by atoms with E-state index >= 15 is 0 Å². The summed E-state index contributed by atoms with van der Waals surface area (Å²) in [6.45, 7) is 1.77. The van der Waals surface area contributed by atoms with Gasteiger partial charge in [-0.05, 0) is 31.2 Å². The summed E-state index contributed by atoms with van der Waals surface area (Å²) in [4.78, 5) is 26.9. The van der Waals surface area contributed by atoms with Crippen molar-refractivity contribution >= 4 is 34.2 Å². The lowest BCUT2D eigenvalue weighted by Crippen LogP contribution is -2.08. The number of hydrogen-bond acceptors (Lipinski definition) is 4. The van der Waals surface area contributed by atoms with E-state index in [-0.39, 0.29) is 12.0 Å². The molecule has 0 atom stereocenters. The van der Waals surface area contributed by atoms with Gasteiger partial charge in [0.2, 0.25) is 0 Å². The molecule has 2 aromatic carbocycles. The first-order valence-corrected chi connectivity index (χ1v) is 7.66. The average molecular weight is 336 g/mol. The van der Waals surface area contributed by atoms with E-state index < -0.39 is 11.9 Å². The largest absolute Gasteiger partial charge is 0.481 e. The number of carboxylic acid groups (broad SMARTS) is 2.